The molecule has 1 saturated heterocycles. The van der Waals surface area contributed by atoms with Gasteiger partial charge in [0.25, 0.3) is 0 Å². The number of Topliss-reactive ketones (excluding diaryl/α,β-unsaturated/α-hetero) is 1. The lowest BCUT2D eigenvalue weighted by atomic mass is 9.69. The number of rotatable bonds is 12. The van der Waals surface area contributed by atoms with Crippen molar-refractivity contribution in [3.8, 4) is 0 Å². The SMILES string of the molecule is C/C=C/[C@H](C)[C@H](O[Si](C)(C)C(C)(C)C)[C@@H](C)C(=O)C(C)(C)[C@H](CC(=O)N1C2CC3CCC2(CS1(=O)=O)C3(C)C)O[Si](C)(C)C(C)(C)C. The molecule has 3 aliphatic rings. The molecule has 272 valence electrons. The monoisotopic (exact) mass is 711 g/mol. The van der Waals surface area contributed by atoms with Crippen LogP contribution in [0.5, 0.6) is 0 Å². The summed E-state index contributed by atoms with van der Waals surface area (Å²) in [6.45, 7) is 35.9. The predicted octanol–water partition coefficient (Wildman–Crippen LogP) is 8.97. The fraction of sp³-hybridized carbons (Fsp3) is 0.892. The molecule has 47 heavy (non-hydrogen) atoms. The predicted molar refractivity (Wildman–Crippen MR) is 199 cm³/mol. The van der Waals surface area contributed by atoms with Crippen LogP contribution < -0.4 is 0 Å². The van der Waals surface area contributed by atoms with E-state index in [1.165, 1.54) is 4.31 Å². The Morgan fingerprint density at radius 3 is 1.91 bits per heavy atom. The fourth-order valence-electron chi connectivity index (χ4n) is 8.33. The van der Waals surface area contributed by atoms with Crippen molar-refractivity contribution in [1.29, 1.82) is 0 Å². The van der Waals surface area contributed by atoms with Crippen molar-refractivity contribution < 1.29 is 26.9 Å². The number of carbonyl (C=O) groups is 2. The molecule has 2 aliphatic carbocycles. The summed E-state index contributed by atoms with van der Waals surface area (Å²) in [4.78, 5) is 29.3. The second kappa shape index (κ2) is 12.7. The first-order valence-corrected chi connectivity index (χ1v) is 25.4. The quantitative estimate of drug-likeness (QED) is 0.148. The minimum Gasteiger partial charge on any atom is -0.413 e. The fourth-order valence-corrected chi connectivity index (χ4v) is 13.8. The van der Waals surface area contributed by atoms with Crippen LogP contribution in [-0.2, 0) is 28.5 Å². The first-order chi connectivity index (χ1) is 20.9. The van der Waals surface area contributed by atoms with Gasteiger partial charge < -0.3 is 8.85 Å². The molecule has 3 unspecified atom stereocenters. The summed E-state index contributed by atoms with van der Waals surface area (Å²) in [6.07, 6.45) is 5.41. The van der Waals surface area contributed by atoms with Gasteiger partial charge in [-0.15, -0.1) is 0 Å². The Morgan fingerprint density at radius 1 is 0.936 bits per heavy atom. The van der Waals surface area contributed by atoms with E-state index in [-0.39, 0.29) is 51.5 Å². The Labute approximate surface area is 290 Å². The highest BCUT2D eigenvalue weighted by Crippen LogP contribution is 2.70. The van der Waals surface area contributed by atoms with Crippen molar-refractivity contribution in [3.05, 3.63) is 12.2 Å². The number of allylic oxidation sites excluding steroid dienone is 1. The third-order valence-corrected chi connectivity index (χ3v) is 24.8. The highest BCUT2D eigenvalue weighted by Gasteiger charge is 2.72. The zero-order chi connectivity index (χ0) is 36.6. The summed E-state index contributed by atoms with van der Waals surface area (Å²) < 4.78 is 42.9. The summed E-state index contributed by atoms with van der Waals surface area (Å²) in [5.74, 6) is -0.482. The lowest BCUT2D eigenvalue weighted by Crippen LogP contribution is -2.55. The van der Waals surface area contributed by atoms with Gasteiger partial charge in [0.15, 0.2) is 16.6 Å². The summed E-state index contributed by atoms with van der Waals surface area (Å²) in [6, 6.07) is -0.316. The largest absolute Gasteiger partial charge is 0.413 e. The molecule has 1 heterocycles. The number of sulfonamides is 1. The minimum absolute atomic E-state index is 0.00246. The highest BCUT2D eigenvalue weighted by atomic mass is 32.2. The van der Waals surface area contributed by atoms with Gasteiger partial charge in [-0.2, -0.15) is 0 Å². The van der Waals surface area contributed by atoms with Crippen LogP contribution in [-0.4, -0.2) is 65.1 Å². The topological polar surface area (TPSA) is 90.0 Å². The van der Waals surface area contributed by atoms with E-state index in [0.717, 1.165) is 19.3 Å². The molecule has 2 bridgehead atoms. The Morgan fingerprint density at radius 2 is 1.45 bits per heavy atom. The molecule has 1 amide bonds. The maximum Gasteiger partial charge on any atom is 0.238 e. The number of amides is 1. The summed E-state index contributed by atoms with van der Waals surface area (Å²) in [5.41, 5.74) is -1.62. The molecule has 1 aliphatic heterocycles. The van der Waals surface area contributed by atoms with Gasteiger partial charge in [-0.05, 0) is 79.7 Å². The van der Waals surface area contributed by atoms with Gasteiger partial charge in [-0.25, -0.2) is 12.7 Å². The van der Waals surface area contributed by atoms with E-state index >= 15 is 0 Å². The number of ketones is 1. The molecule has 10 heteroatoms. The molecule has 0 radical (unpaired) electrons. The number of fused-ring (bicyclic) bond motifs is 1. The van der Waals surface area contributed by atoms with E-state index < -0.39 is 55.4 Å². The van der Waals surface area contributed by atoms with Gasteiger partial charge in [0.1, 0.15) is 5.78 Å². The second-order valence-corrected chi connectivity index (χ2v) is 30.8. The molecule has 1 spiro atoms. The van der Waals surface area contributed by atoms with E-state index in [2.05, 4.69) is 94.6 Å². The highest BCUT2D eigenvalue weighted by molar-refractivity contribution is 7.90. The van der Waals surface area contributed by atoms with Gasteiger partial charge in [0.05, 0.1) is 30.4 Å². The summed E-state index contributed by atoms with van der Waals surface area (Å²) in [7, 11) is -8.54. The van der Waals surface area contributed by atoms with Crippen molar-refractivity contribution in [2.24, 2.45) is 34.0 Å². The maximum absolute atomic E-state index is 14.8. The molecular formula is C37H69NO6SSi2. The molecular weight excluding hydrogens is 643 g/mol. The average molecular weight is 712 g/mol. The van der Waals surface area contributed by atoms with Crippen LogP contribution in [0.15, 0.2) is 12.2 Å². The smallest absolute Gasteiger partial charge is 0.238 e. The molecule has 0 aromatic rings. The van der Waals surface area contributed by atoms with Gasteiger partial charge in [-0.3, -0.25) is 9.59 Å². The van der Waals surface area contributed by atoms with Crippen LogP contribution in [0, 0.1) is 34.0 Å². The lowest BCUT2D eigenvalue weighted by molar-refractivity contribution is -0.143. The van der Waals surface area contributed by atoms with Crippen molar-refractivity contribution in [2.45, 2.75) is 170 Å². The number of nitrogens with zero attached hydrogens (tertiary/aromatic N) is 1. The Kier molecular flexibility index (Phi) is 11.0. The van der Waals surface area contributed by atoms with E-state index in [4.69, 9.17) is 8.85 Å². The Hall–Kier alpha value is -0.816. The Bertz CT molecular complexity index is 1340. The second-order valence-electron chi connectivity index (χ2n) is 19.5. The Balaban J connectivity index is 2.04. The van der Waals surface area contributed by atoms with Crippen LogP contribution >= 0.6 is 0 Å². The molecule has 3 fully saturated rings. The third kappa shape index (κ3) is 7.07. The molecule has 2 saturated carbocycles. The molecule has 0 aromatic carbocycles. The van der Waals surface area contributed by atoms with E-state index in [1.54, 1.807) is 0 Å². The van der Waals surface area contributed by atoms with Crippen LogP contribution in [0.1, 0.15) is 116 Å². The van der Waals surface area contributed by atoms with Gasteiger partial charge in [0.2, 0.25) is 15.9 Å². The molecule has 7 atom stereocenters. The number of hydrogen-bond donors (Lipinski definition) is 0. The summed E-state index contributed by atoms with van der Waals surface area (Å²) >= 11 is 0. The van der Waals surface area contributed by atoms with Gasteiger partial charge in [0, 0.05) is 16.7 Å². The standard InChI is InChI=1S/C37H69NO6SSi2/c1-18-19-25(2)31(44-47(16,17)34(7,8)9)26(3)32(40)35(10,11)29(43-46(14,15)33(4,5)6)23-30(39)38-28-22-27-20-21-37(28,36(27,12)13)24-45(38,41)42/h18-19,25-29,31H,20-24H2,1-17H3/b19-18+/t25-,26+,27?,28?,29-,31-,37?/m0/s1. The van der Waals surface area contributed by atoms with Crippen LogP contribution in [0.25, 0.3) is 0 Å². The zero-order valence-corrected chi connectivity index (χ0v) is 35.8. The lowest BCUT2D eigenvalue weighted by Gasteiger charge is -2.46. The van der Waals surface area contributed by atoms with E-state index in [9.17, 15) is 18.0 Å². The van der Waals surface area contributed by atoms with Crippen molar-refractivity contribution in [1.82, 2.24) is 4.31 Å². The van der Waals surface area contributed by atoms with Crippen molar-refractivity contribution >= 4 is 38.3 Å². The zero-order valence-electron chi connectivity index (χ0n) is 33.0. The molecule has 3 rings (SSSR count). The first-order valence-electron chi connectivity index (χ1n) is 18.0. The van der Waals surface area contributed by atoms with Crippen molar-refractivity contribution in [3.63, 3.8) is 0 Å². The normalized spacial score (nSPS) is 28.7. The van der Waals surface area contributed by atoms with Gasteiger partial charge >= 0.3 is 0 Å². The third-order valence-electron chi connectivity index (χ3n) is 13.9. The van der Waals surface area contributed by atoms with Crippen LogP contribution in [0.2, 0.25) is 36.3 Å². The molecule has 0 aromatic heterocycles. The van der Waals surface area contributed by atoms with E-state index in [1.807, 2.05) is 33.8 Å². The number of carbonyl (C=O) groups excluding carboxylic acids is 2. The van der Waals surface area contributed by atoms with Gasteiger partial charge in [-0.1, -0.05) is 95.2 Å². The van der Waals surface area contributed by atoms with Crippen LogP contribution in [0.3, 0.4) is 0 Å². The molecule has 7 nitrogen and oxygen atoms in total. The maximum atomic E-state index is 14.8. The van der Waals surface area contributed by atoms with Crippen LogP contribution in [0.4, 0.5) is 0 Å². The minimum atomic E-state index is -3.79. The molecule has 0 N–H and O–H groups in total. The summed E-state index contributed by atoms with van der Waals surface area (Å²) in [5, 5.41) is -0.210. The van der Waals surface area contributed by atoms with Crippen molar-refractivity contribution in [2.75, 3.05) is 5.75 Å². The number of hydrogen-bond acceptors (Lipinski definition) is 6. The first kappa shape index (κ1) is 40.6. The average Bonchev–Trinajstić information content (AvgIpc) is 3.37. The van der Waals surface area contributed by atoms with E-state index in [0.29, 0.717) is 5.92 Å².